The van der Waals surface area contributed by atoms with E-state index in [-0.39, 0.29) is 30.1 Å². The topological polar surface area (TPSA) is 84.9 Å². The Balaban J connectivity index is 1.22. The summed E-state index contributed by atoms with van der Waals surface area (Å²) >= 11 is 0. The van der Waals surface area contributed by atoms with Crippen LogP contribution >= 0.6 is 0 Å². The summed E-state index contributed by atoms with van der Waals surface area (Å²) in [6.07, 6.45) is 0.124. The summed E-state index contributed by atoms with van der Waals surface area (Å²) < 4.78 is 13.2. The van der Waals surface area contributed by atoms with Crippen molar-refractivity contribution in [1.82, 2.24) is 5.32 Å². The van der Waals surface area contributed by atoms with E-state index >= 15 is 0 Å². The maximum atomic E-state index is 13.2. The average molecular weight is 684 g/mol. The Morgan fingerprint density at radius 1 is 0.700 bits per heavy atom. The number of aliphatic carboxylic acids is 1. The van der Waals surface area contributed by atoms with Gasteiger partial charge in [-0.05, 0) is 62.5 Å². The van der Waals surface area contributed by atoms with Crippen LogP contribution in [-0.2, 0) is 20.4 Å². The fourth-order valence-corrected chi connectivity index (χ4v) is 12.1. The number of hydrogen-bond donors (Lipinski definition) is 2. The van der Waals surface area contributed by atoms with E-state index in [4.69, 9.17) is 9.16 Å². The molecule has 1 aliphatic carbocycles. The molecule has 50 heavy (non-hydrogen) atoms. The number of ether oxygens (including phenoxy) is 1. The molecule has 256 valence electrons. The van der Waals surface area contributed by atoms with Crippen molar-refractivity contribution in [3.05, 3.63) is 156 Å². The molecule has 2 atom stereocenters. The first-order valence-corrected chi connectivity index (χ1v) is 19.3. The SMILES string of the molecule is CC(C)(C)[Si](OC(CC[C@H](NC(=O)OCC1c2ccccc2-c2ccccc21)C(=O)O)Cc1ccccc1)(c1ccccc1)c1ccccc1. The molecule has 0 spiro atoms. The van der Waals surface area contributed by atoms with Crippen molar-refractivity contribution in [1.29, 1.82) is 0 Å². The highest BCUT2D eigenvalue weighted by Gasteiger charge is 2.51. The fraction of sp³-hybridized carbons (Fsp3) is 0.256. The minimum Gasteiger partial charge on any atom is -0.480 e. The van der Waals surface area contributed by atoms with Crippen LogP contribution in [0.1, 0.15) is 56.2 Å². The van der Waals surface area contributed by atoms with Crippen molar-refractivity contribution in [3.8, 4) is 11.1 Å². The maximum absolute atomic E-state index is 13.2. The molecule has 0 saturated heterocycles. The predicted octanol–water partition coefficient (Wildman–Crippen LogP) is 7.95. The molecule has 5 aromatic carbocycles. The van der Waals surface area contributed by atoms with Crippen LogP contribution in [0.15, 0.2) is 140 Å². The van der Waals surface area contributed by atoms with Gasteiger partial charge < -0.3 is 19.6 Å². The number of carboxylic acid groups (broad SMARTS) is 1. The maximum Gasteiger partial charge on any atom is 0.407 e. The third-order valence-corrected chi connectivity index (χ3v) is 14.9. The van der Waals surface area contributed by atoms with Crippen LogP contribution in [0, 0.1) is 0 Å². The van der Waals surface area contributed by atoms with Crippen molar-refractivity contribution in [2.24, 2.45) is 0 Å². The Hall–Kier alpha value is -4.98. The number of rotatable bonds is 13. The van der Waals surface area contributed by atoms with Gasteiger partial charge in [0.05, 0.1) is 0 Å². The molecule has 5 aromatic rings. The Kier molecular flexibility index (Phi) is 10.7. The number of carbonyl (C=O) groups is 2. The molecule has 1 amide bonds. The van der Waals surface area contributed by atoms with Crippen molar-refractivity contribution in [2.45, 2.75) is 63.1 Å². The highest BCUT2D eigenvalue weighted by Crippen LogP contribution is 2.44. The molecular weight excluding hydrogens is 639 g/mol. The van der Waals surface area contributed by atoms with E-state index in [1.165, 1.54) is 0 Å². The normalized spacial score (nSPS) is 13.9. The van der Waals surface area contributed by atoms with Gasteiger partial charge in [-0.1, -0.05) is 160 Å². The summed E-state index contributed by atoms with van der Waals surface area (Å²) in [5.41, 5.74) is 5.56. The zero-order valence-corrected chi connectivity index (χ0v) is 29.9. The van der Waals surface area contributed by atoms with Crippen molar-refractivity contribution in [3.63, 3.8) is 0 Å². The van der Waals surface area contributed by atoms with Crippen LogP contribution in [0.5, 0.6) is 0 Å². The smallest absolute Gasteiger partial charge is 0.407 e. The van der Waals surface area contributed by atoms with Gasteiger partial charge >= 0.3 is 12.1 Å². The molecular formula is C43H45NO5Si. The van der Waals surface area contributed by atoms with E-state index in [2.05, 4.69) is 111 Å². The van der Waals surface area contributed by atoms with E-state index in [0.717, 1.165) is 38.2 Å². The van der Waals surface area contributed by atoms with E-state index < -0.39 is 26.4 Å². The zero-order chi connectivity index (χ0) is 35.1. The number of nitrogens with one attached hydrogen (secondary N) is 1. The standard InChI is InChI=1S/C43H45NO5Si/c1-43(2,3)50(33-19-9-5-10-20-33,34-21-11-6-12-22-34)49-32(29-31-17-7-4-8-18-31)27-28-40(41(45)46)44-42(47)48-30-39-37-25-15-13-23-35(37)36-24-14-16-26-38(36)39/h4-26,32,39-40H,27-30H2,1-3H3,(H,44,47)(H,45,46)/t32?,40-/m0/s1. The highest BCUT2D eigenvalue weighted by molar-refractivity contribution is 6.99. The first-order valence-electron chi connectivity index (χ1n) is 17.3. The van der Waals surface area contributed by atoms with E-state index in [0.29, 0.717) is 12.8 Å². The van der Waals surface area contributed by atoms with Crippen LogP contribution in [0.3, 0.4) is 0 Å². The molecule has 2 N–H and O–H groups in total. The van der Waals surface area contributed by atoms with Gasteiger partial charge in [-0.25, -0.2) is 9.59 Å². The summed E-state index contributed by atoms with van der Waals surface area (Å²) in [5, 5.41) is 15.0. The number of hydrogen-bond acceptors (Lipinski definition) is 4. The van der Waals surface area contributed by atoms with Crippen molar-refractivity contribution < 1.29 is 23.9 Å². The Bertz CT molecular complexity index is 1810. The second kappa shape index (κ2) is 15.3. The summed E-state index contributed by atoms with van der Waals surface area (Å²) in [6.45, 7) is 6.81. The van der Waals surface area contributed by atoms with Crippen LogP contribution in [0.2, 0.25) is 5.04 Å². The number of carbonyl (C=O) groups excluding carboxylic acids is 1. The van der Waals surface area contributed by atoms with Gasteiger partial charge in [0.2, 0.25) is 0 Å². The van der Waals surface area contributed by atoms with Gasteiger partial charge in [0.25, 0.3) is 8.32 Å². The summed E-state index contributed by atoms with van der Waals surface area (Å²) in [6, 6.07) is 46.1. The average Bonchev–Trinajstić information content (AvgIpc) is 3.45. The summed E-state index contributed by atoms with van der Waals surface area (Å²) in [5.74, 6) is -1.23. The number of amides is 1. The molecule has 0 saturated carbocycles. The van der Waals surface area contributed by atoms with E-state index in [1.807, 2.05) is 54.6 Å². The van der Waals surface area contributed by atoms with Gasteiger partial charge in [0.15, 0.2) is 0 Å². The molecule has 6 rings (SSSR count). The zero-order valence-electron chi connectivity index (χ0n) is 28.9. The van der Waals surface area contributed by atoms with Crippen LogP contribution in [0.4, 0.5) is 4.79 Å². The van der Waals surface area contributed by atoms with Crippen LogP contribution in [0.25, 0.3) is 11.1 Å². The first-order chi connectivity index (χ1) is 24.2. The Labute approximate surface area is 296 Å². The van der Waals surface area contributed by atoms with Crippen molar-refractivity contribution in [2.75, 3.05) is 6.61 Å². The molecule has 0 aromatic heterocycles. The summed E-state index contributed by atoms with van der Waals surface area (Å²) in [7, 11) is -2.94. The van der Waals surface area contributed by atoms with Crippen LogP contribution in [-0.4, -0.2) is 44.2 Å². The molecule has 1 aliphatic rings. The van der Waals surface area contributed by atoms with E-state index in [1.54, 1.807) is 0 Å². The van der Waals surface area contributed by atoms with Gasteiger partial charge in [-0.15, -0.1) is 0 Å². The Morgan fingerprint density at radius 2 is 1.18 bits per heavy atom. The minimum absolute atomic E-state index is 0.111. The van der Waals surface area contributed by atoms with Gasteiger partial charge in [-0.2, -0.15) is 0 Å². The summed E-state index contributed by atoms with van der Waals surface area (Å²) in [4.78, 5) is 25.8. The molecule has 6 nitrogen and oxygen atoms in total. The number of carboxylic acids is 1. The molecule has 7 heteroatoms. The molecule has 0 bridgehead atoms. The van der Waals surface area contributed by atoms with E-state index in [9.17, 15) is 14.7 Å². The largest absolute Gasteiger partial charge is 0.480 e. The quantitative estimate of drug-likeness (QED) is 0.123. The third-order valence-electron chi connectivity index (χ3n) is 9.78. The molecule has 0 fully saturated rings. The van der Waals surface area contributed by atoms with Gasteiger partial charge in [0.1, 0.15) is 12.6 Å². The molecule has 0 radical (unpaired) electrons. The van der Waals surface area contributed by atoms with Crippen LogP contribution < -0.4 is 15.7 Å². The lowest BCUT2D eigenvalue weighted by molar-refractivity contribution is -0.139. The second-order valence-corrected chi connectivity index (χ2v) is 18.3. The predicted molar refractivity (Wildman–Crippen MR) is 202 cm³/mol. The lowest BCUT2D eigenvalue weighted by atomic mass is 9.98. The lowest BCUT2D eigenvalue weighted by Gasteiger charge is -2.45. The highest BCUT2D eigenvalue weighted by atomic mass is 28.4. The second-order valence-electron chi connectivity index (χ2n) is 14.0. The molecule has 0 heterocycles. The first kappa shape index (κ1) is 34.9. The molecule has 1 unspecified atom stereocenters. The fourth-order valence-electron chi connectivity index (χ4n) is 7.41. The number of fused-ring (bicyclic) bond motifs is 3. The monoisotopic (exact) mass is 683 g/mol. The number of benzene rings is 5. The van der Waals surface area contributed by atoms with Gasteiger partial charge in [0, 0.05) is 12.0 Å². The van der Waals surface area contributed by atoms with Gasteiger partial charge in [-0.3, -0.25) is 0 Å². The van der Waals surface area contributed by atoms with Crippen molar-refractivity contribution >= 4 is 30.8 Å². The Morgan fingerprint density at radius 3 is 1.68 bits per heavy atom. The third kappa shape index (κ3) is 7.44. The minimum atomic E-state index is -2.94. The number of alkyl carbamates (subject to hydrolysis) is 1. The molecule has 0 aliphatic heterocycles. The lowest BCUT2D eigenvalue weighted by Crippen LogP contribution is -2.67.